The lowest BCUT2D eigenvalue weighted by Gasteiger charge is -2.32. The fourth-order valence-corrected chi connectivity index (χ4v) is 6.46. The van der Waals surface area contributed by atoms with E-state index in [4.69, 9.17) is 32.7 Å². The minimum atomic E-state index is -0.345. The van der Waals surface area contributed by atoms with Crippen molar-refractivity contribution in [3.63, 3.8) is 0 Å². The molecule has 1 atom stereocenters. The Morgan fingerprint density at radius 2 is 1.79 bits per heavy atom. The summed E-state index contributed by atoms with van der Waals surface area (Å²) in [5, 5.41) is 5.14. The summed E-state index contributed by atoms with van der Waals surface area (Å²) < 4.78 is 11.7. The van der Waals surface area contributed by atoms with Crippen LogP contribution in [0, 0.1) is 5.92 Å². The first-order valence-corrected chi connectivity index (χ1v) is 16.8. The summed E-state index contributed by atoms with van der Waals surface area (Å²) in [6.07, 6.45) is 5.33. The van der Waals surface area contributed by atoms with Crippen LogP contribution in [-0.4, -0.2) is 40.6 Å². The molecule has 0 aliphatic carbocycles. The number of rotatable bonds is 11. The number of hydrogen-bond donors (Lipinski definition) is 2. The third kappa shape index (κ3) is 7.29. The zero-order valence-corrected chi connectivity index (χ0v) is 28.5. The van der Waals surface area contributed by atoms with Crippen LogP contribution in [0.3, 0.4) is 0 Å². The molecule has 1 saturated heterocycles. The highest BCUT2D eigenvalue weighted by Crippen LogP contribution is 2.41. The first-order valence-electron chi connectivity index (χ1n) is 16.0. The van der Waals surface area contributed by atoms with Gasteiger partial charge in [-0.05, 0) is 91.9 Å². The normalized spacial score (nSPS) is 14.7. The number of aromatic nitrogens is 2. The Morgan fingerprint density at radius 3 is 2.52 bits per heavy atom. The van der Waals surface area contributed by atoms with Gasteiger partial charge >= 0.3 is 0 Å². The van der Waals surface area contributed by atoms with Crippen molar-refractivity contribution in [2.24, 2.45) is 5.92 Å². The van der Waals surface area contributed by atoms with E-state index in [0.717, 1.165) is 64.9 Å². The topological polar surface area (TPSA) is 79.5 Å². The van der Waals surface area contributed by atoms with Crippen LogP contribution in [0.5, 0.6) is 5.88 Å². The van der Waals surface area contributed by atoms with Crippen LogP contribution >= 0.6 is 23.2 Å². The Hall–Kier alpha value is -4.56. The predicted molar refractivity (Wildman–Crippen MR) is 195 cm³/mol. The number of nitrogens with one attached hydrogen (secondary N) is 2. The van der Waals surface area contributed by atoms with Crippen molar-refractivity contribution in [3.8, 4) is 5.88 Å². The number of anilines is 1. The molecule has 6 rings (SSSR count). The molecule has 5 aromatic rings. The van der Waals surface area contributed by atoms with Gasteiger partial charge in [0.1, 0.15) is 11.4 Å². The van der Waals surface area contributed by atoms with Gasteiger partial charge in [-0.1, -0.05) is 78.3 Å². The zero-order valence-electron chi connectivity index (χ0n) is 27.0. The van der Waals surface area contributed by atoms with Crippen LogP contribution in [0.4, 0.5) is 5.69 Å². The minimum Gasteiger partial charge on any atom is -0.476 e. The molecular weight excluding hydrogens is 643 g/mol. The number of ether oxygens (including phenoxy) is 2. The van der Waals surface area contributed by atoms with E-state index in [1.54, 1.807) is 24.5 Å². The highest BCUT2D eigenvalue weighted by atomic mass is 35.5. The van der Waals surface area contributed by atoms with Crippen molar-refractivity contribution in [1.29, 1.82) is 0 Å². The lowest BCUT2D eigenvalue weighted by atomic mass is 9.95. The van der Waals surface area contributed by atoms with Gasteiger partial charge in [-0.3, -0.25) is 4.79 Å². The van der Waals surface area contributed by atoms with Gasteiger partial charge in [-0.15, -0.1) is 0 Å². The third-order valence-corrected chi connectivity index (χ3v) is 9.31. The van der Waals surface area contributed by atoms with Crippen molar-refractivity contribution in [3.05, 3.63) is 136 Å². The van der Waals surface area contributed by atoms with E-state index >= 15 is 0 Å². The largest absolute Gasteiger partial charge is 0.476 e. The van der Waals surface area contributed by atoms with Crippen molar-refractivity contribution in [1.82, 2.24) is 14.9 Å². The van der Waals surface area contributed by atoms with E-state index in [9.17, 15) is 4.79 Å². The first-order chi connectivity index (χ1) is 23.3. The average Bonchev–Trinajstić information content (AvgIpc) is 3.49. The monoisotopic (exact) mass is 680 g/mol. The highest BCUT2D eigenvalue weighted by molar-refractivity contribution is 6.31. The van der Waals surface area contributed by atoms with Crippen molar-refractivity contribution >= 4 is 57.0 Å². The van der Waals surface area contributed by atoms with Crippen LogP contribution in [0.1, 0.15) is 59.9 Å². The van der Waals surface area contributed by atoms with E-state index in [1.165, 1.54) is 0 Å². The average molecular weight is 682 g/mol. The fraction of sp³-hybridized carbons (Fsp3) is 0.231. The molecule has 1 amide bonds. The molecule has 3 aromatic carbocycles. The predicted octanol–water partition coefficient (Wildman–Crippen LogP) is 10.0. The SMILES string of the molecule is C=CN(/C(=C(\C)c1ccccc1)c1c(C(=O)Nc2cccnc2OCC2CCOCC2)[nH]c2cc(Cl)ccc12)C(C)c1ccc(Cl)cc1. The second kappa shape index (κ2) is 15.1. The number of H-pyrrole nitrogens is 1. The number of fused-ring (bicyclic) bond motifs is 1. The number of halogens is 2. The van der Waals surface area contributed by atoms with E-state index < -0.39 is 0 Å². The molecule has 1 aliphatic rings. The van der Waals surface area contributed by atoms with Crippen molar-refractivity contribution < 1.29 is 14.3 Å². The fourth-order valence-electron chi connectivity index (χ4n) is 6.16. The van der Waals surface area contributed by atoms with E-state index in [1.807, 2.05) is 60.7 Å². The van der Waals surface area contributed by atoms with Crippen LogP contribution in [0.15, 0.2) is 104 Å². The molecule has 246 valence electrons. The summed E-state index contributed by atoms with van der Waals surface area (Å²) in [5.41, 5.74) is 6.12. The Labute approximate surface area is 291 Å². The number of pyridine rings is 1. The molecule has 0 saturated carbocycles. The molecule has 2 N–H and O–H groups in total. The maximum Gasteiger partial charge on any atom is 0.272 e. The summed E-state index contributed by atoms with van der Waals surface area (Å²) in [5.74, 6) is 0.400. The molecule has 48 heavy (non-hydrogen) atoms. The van der Waals surface area contributed by atoms with Gasteiger partial charge in [0.15, 0.2) is 0 Å². The number of benzene rings is 3. The standard InChI is InChI=1S/C39H38Cl2N4O3/c1-4-45(26(3)29-12-14-30(40)15-13-29)37(25(2)28-9-6-5-7-10-28)35-32-17-16-31(41)23-34(32)43-36(35)38(46)44-33-11-8-20-42-39(33)48-24-27-18-21-47-22-19-27/h4-17,20,23,26-27,43H,1,18-19,21-22,24H2,2-3H3,(H,44,46)/b37-25+. The third-order valence-electron chi connectivity index (χ3n) is 8.83. The maximum absolute atomic E-state index is 14.4. The molecule has 3 heterocycles. The minimum absolute atomic E-state index is 0.162. The van der Waals surface area contributed by atoms with Gasteiger partial charge in [-0.2, -0.15) is 0 Å². The zero-order chi connectivity index (χ0) is 33.6. The Balaban J connectivity index is 1.47. The Bertz CT molecular complexity index is 1930. The van der Waals surface area contributed by atoms with Gasteiger partial charge in [0.05, 0.1) is 18.3 Å². The highest BCUT2D eigenvalue weighted by Gasteiger charge is 2.29. The molecule has 0 bridgehead atoms. The van der Waals surface area contributed by atoms with Gasteiger partial charge in [0.25, 0.3) is 5.91 Å². The van der Waals surface area contributed by atoms with Gasteiger partial charge in [-0.25, -0.2) is 4.98 Å². The van der Waals surface area contributed by atoms with Crippen LogP contribution < -0.4 is 10.1 Å². The maximum atomic E-state index is 14.4. The molecule has 9 heteroatoms. The number of hydrogen-bond acceptors (Lipinski definition) is 5. The Kier molecular flexibility index (Phi) is 10.5. The summed E-state index contributed by atoms with van der Waals surface area (Å²) in [6.45, 7) is 10.4. The number of carbonyl (C=O) groups is 1. The number of aromatic amines is 1. The lowest BCUT2D eigenvalue weighted by Crippen LogP contribution is -2.24. The van der Waals surface area contributed by atoms with Gasteiger partial charge < -0.3 is 24.7 Å². The first kappa shape index (κ1) is 33.3. The second-order valence-corrected chi connectivity index (χ2v) is 12.8. The molecule has 1 aliphatic heterocycles. The van der Waals surface area contributed by atoms with Gasteiger partial charge in [0, 0.05) is 45.9 Å². The van der Waals surface area contributed by atoms with Crippen molar-refractivity contribution in [2.75, 3.05) is 25.1 Å². The van der Waals surface area contributed by atoms with Crippen LogP contribution in [-0.2, 0) is 4.74 Å². The van der Waals surface area contributed by atoms with Gasteiger partial charge in [0.2, 0.25) is 5.88 Å². The summed E-state index contributed by atoms with van der Waals surface area (Å²) in [4.78, 5) is 24.4. The number of amides is 1. The van der Waals surface area contributed by atoms with E-state index in [0.29, 0.717) is 39.8 Å². The molecule has 1 unspecified atom stereocenters. The smallest absolute Gasteiger partial charge is 0.272 e. The van der Waals surface area contributed by atoms with Crippen LogP contribution in [0.25, 0.3) is 22.2 Å². The second-order valence-electron chi connectivity index (χ2n) is 11.9. The molecule has 0 spiro atoms. The number of nitrogens with zero attached hydrogens (tertiary/aromatic N) is 2. The molecule has 2 aromatic heterocycles. The van der Waals surface area contributed by atoms with Crippen molar-refractivity contribution in [2.45, 2.75) is 32.7 Å². The number of carbonyl (C=O) groups excluding carboxylic acids is 1. The van der Waals surface area contributed by atoms with E-state index in [2.05, 4.69) is 52.7 Å². The molecule has 0 radical (unpaired) electrons. The molecule has 1 fully saturated rings. The summed E-state index contributed by atoms with van der Waals surface area (Å²) in [7, 11) is 0. The molecular formula is C39H38Cl2N4O3. The quantitative estimate of drug-likeness (QED) is 0.145. The van der Waals surface area contributed by atoms with Crippen LogP contribution in [0.2, 0.25) is 10.0 Å². The summed E-state index contributed by atoms with van der Waals surface area (Å²) >= 11 is 12.7. The lowest BCUT2D eigenvalue weighted by molar-refractivity contribution is 0.0491. The van der Waals surface area contributed by atoms with E-state index in [-0.39, 0.29) is 11.9 Å². The number of allylic oxidation sites excluding steroid dienone is 1. The Morgan fingerprint density at radius 1 is 1.06 bits per heavy atom. The molecule has 7 nitrogen and oxygen atoms in total. The summed E-state index contributed by atoms with van der Waals surface area (Å²) in [6, 6.07) is 26.9.